The molecule has 0 aliphatic carbocycles. The highest BCUT2D eigenvalue weighted by Gasteiger charge is 2.08. The first-order chi connectivity index (χ1) is 11.5. The standard InChI is InChI=1S/C19H28N4S.HI/c1-14(2)18-22-17(13-24-18)10-11-21-19(20-4)23(5)12-16-8-6-15(3)7-9-16;/h6-9,13-14H,10-12H2,1-5H3,(H,20,21);1H. The van der Waals surface area contributed by atoms with Crippen molar-refractivity contribution in [3.63, 3.8) is 0 Å². The number of thiazole rings is 1. The lowest BCUT2D eigenvalue weighted by molar-refractivity contribution is 0.477. The van der Waals surface area contributed by atoms with E-state index in [9.17, 15) is 0 Å². The van der Waals surface area contributed by atoms with Gasteiger partial charge in [0.15, 0.2) is 5.96 Å². The first-order valence-electron chi connectivity index (χ1n) is 8.41. The fourth-order valence-electron chi connectivity index (χ4n) is 2.43. The highest BCUT2D eigenvalue weighted by molar-refractivity contribution is 14.0. The van der Waals surface area contributed by atoms with Crippen molar-refractivity contribution in [2.45, 2.75) is 39.7 Å². The van der Waals surface area contributed by atoms with Crippen molar-refractivity contribution in [3.05, 3.63) is 51.5 Å². The van der Waals surface area contributed by atoms with E-state index < -0.39 is 0 Å². The van der Waals surface area contributed by atoms with Gasteiger partial charge in [-0.2, -0.15) is 0 Å². The Kier molecular flexibility index (Phi) is 9.42. The van der Waals surface area contributed by atoms with E-state index in [1.807, 2.05) is 7.05 Å². The molecule has 0 aliphatic rings. The number of aryl methyl sites for hydroxylation is 1. The molecule has 0 spiro atoms. The Hall–Kier alpha value is -1.15. The molecule has 2 rings (SSSR count). The lowest BCUT2D eigenvalue weighted by Gasteiger charge is -2.22. The zero-order valence-corrected chi connectivity index (χ0v) is 18.9. The van der Waals surface area contributed by atoms with E-state index in [2.05, 4.69) is 77.7 Å². The molecular weight excluding hydrogens is 443 g/mol. The van der Waals surface area contributed by atoms with Gasteiger partial charge >= 0.3 is 0 Å². The molecule has 25 heavy (non-hydrogen) atoms. The lowest BCUT2D eigenvalue weighted by Crippen LogP contribution is -2.39. The number of aromatic nitrogens is 1. The molecule has 0 atom stereocenters. The van der Waals surface area contributed by atoms with E-state index in [1.165, 1.54) is 16.1 Å². The molecule has 1 aromatic heterocycles. The maximum atomic E-state index is 4.68. The largest absolute Gasteiger partial charge is 0.356 e. The van der Waals surface area contributed by atoms with Crippen LogP contribution in [0.3, 0.4) is 0 Å². The molecule has 2 aromatic rings. The van der Waals surface area contributed by atoms with Gasteiger partial charge in [-0.3, -0.25) is 4.99 Å². The van der Waals surface area contributed by atoms with Gasteiger partial charge in [-0.15, -0.1) is 35.3 Å². The first kappa shape index (κ1) is 21.9. The molecule has 0 aliphatic heterocycles. The molecule has 0 amide bonds. The number of nitrogens with one attached hydrogen (secondary N) is 1. The summed E-state index contributed by atoms with van der Waals surface area (Å²) < 4.78 is 0. The second kappa shape index (κ2) is 10.8. The van der Waals surface area contributed by atoms with Crippen LogP contribution >= 0.6 is 35.3 Å². The Balaban J connectivity index is 0.00000312. The minimum Gasteiger partial charge on any atom is -0.356 e. The summed E-state index contributed by atoms with van der Waals surface area (Å²) in [5.41, 5.74) is 3.73. The predicted octanol–water partition coefficient (Wildman–Crippen LogP) is 4.44. The molecule has 0 saturated carbocycles. The van der Waals surface area contributed by atoms with E-state index in [0.717, 1.165) is 31.2 Å². The molecule has 0 unspecified atom stereocenters. The molecule has 6 heteroatoms. The zero-order valence-electron chi connectivity index (χ0n) is 15.7. The average Bonchev–Trinajstić information content (AvgIpc) is 3.03. The molecule has 4 nitrogen and oxygen atoms in total. The summed E-state index contributed by atoms with van der Waals surface area (Å²) in [7, 11) is 3.89. The van der Waals surface area contributed by atoms with E-state index >= 15 is 0 Å². The minimum absolute atomic E-state index is 0. The fourth-order valence-corrected chi connectivity index (χ4v) is 3.30. The summed E-state index contributed by atoms with van der Waals surface area (Å²) in [5.74, 6) is 1.42. The van der Waals surface area contributed by atoms with Gasteiger partial charge in [0.05, 0.1) is 10.7 Å². The van der Waals surface area contributed by atoms with Crippen molar-refractivity contribution >= 4 is 41.3 Å². The number of aliphatic imine (C=N–C) groups is 1. The summed E-state index contributed by atoms with van der Waals surface area (Å²) in [6.07, 6.45) is 0.917. The first-order valence-corrected chi connectivity index (χ1v) is 9.29. The SMILES string of the molecule is CN=C(NCCc1csc(C(C)C)n1)N(C)Cc1ccc(C)cc1.I. The van der Waals surface area contributed by atoms with Gasteiger partial charge in [-0.25, -0.2) is 4.98 Å². The molecule has 0 bridgehead atoms. The molecule has 0 radical (unpaired) electrons. The predicted molar refractivity (Wildman–Crippen MR) is 119 cm³/mol. The van der Waals surface area contributed by atoms with Gasteiger partial charge in [-0.1, -0.05) is 43.7 Å². The quantitative estimate of drug-likeness (QED) is 0.384. The number of hydrogen-bond donors (Lipinski definition) is 1. The third kappa shape index (κ3) is 6.93. The third-order valence-corrected chi connectivity index (χ3v) is 5.04. The Bertz CT molecular complexity index is 664. The maximum absolute atomic E-state index is 4.68. The van der Waals surface area contributed by atoms with Gasteiger partial charge in [0, 0.05) is 44.9 Å². The highest BCUT2D eigenvalue weighted by atomic mass is 127. The van der Waals surface area contributed by atoms with Crippen molar-refractivity contribution in [2.75, 3.05) is 20.6 Å². The zero-order chi connectivity index (χ0) is 17.5. The smallest absolute Gasteiger partial charge is 0.193 e. The number of hydrogen-bond acceptors (Lipinski definition) is 3. The third-order valence-electron chi connectivity index (χ3n) is 3.84. The van der Waals surface area contributed by atoms with Crippen LogP contribution in [0.1, 0.15) is 41.6 Å². The van der Waals surface area contributed by atoms with Crippen molar-refractivity contribution < 1.29 is 0 Å². The minimum atomic E-state index is 0. The molecule has 0 fully saturated rings. The number of nitrogens with zero attached hydrogens (tertiary/aromatic N) is 3. The van der Waals surface area contributed by atoms with Crippen LogP contribution in [0.2, 0.25) is 0 Å². The van der Waals surface area contributed by atoms with Gasteiger partial charge in [0.2, 0.25) is 0 Å². The van der Waals surface area contributed by atoms with Crippen LogP contribution in [0.25, 0.3) is 0 Å². The molecular formula is C19H29IN4S. The van der Waals surface area contributed by atoms with Crippen molar-refractivity contribution in [1.29, 1.82) is 0 Å². The number of benzene rings is 1. The fraction of sp³-hybridized carbons (Fsp3) is 0.474. The average molecular weight is 472 g/mol. The summed E-state index contributed by atoms with van der Waals surface area (Å²) in [5, 5.41) is 6.80. The van der Waals surface area contributed by atoms with Crippen LogP contribution in [0.4, 0.5) is 0 Å². The van der Waals surface area contributed by atoms with Crippen molar-refractivity contribution in [3.8, 4) is 0 Å². The van der Waals surface area contributed by atoms with E-state index in [0.29, 0.717) is 5.92 Å². The van der Waals surface area contributed by atoms with Gasteiger partial charge < -0.3 is 10.2 Å². The van der Waals surface area contributed by atoms with Crippen LogP contribution < -0.4 is 5.32 Å². The van der Waals surface area contributed by atoms with Gasteiger partial charge in [-0.05, 0) is 12.5 Å². The van der Waals surface area contributed by atoms with E-state index in [4.69, 9.17) is 0 Å². The van der Waals surface area contributed by atoms with Gasteiger partial charge in [0.25, 0.3) is 0 Å². The van der Waals surface area contributed by atoms with Crippen LogP contribution in [0, 0.1) is 6.92 Å². The van der Waals surface area contributed by atoms with Crippen LogP contribution in [0.5, 0.6) is 0 Å². The monoisotopic (exact) mass is 472 g/mol. The Morgan fingerprint density at radius 2 is 1.96 bits per heavy atom. The number of halogens is 1. The Labute approximate surface area is 172 Å². The van der Waals surface area contributed by atoms with Crippen LogP contribution in [0.15, 0.2) is 34.6 Å². The summed E-state index contributed by atoms with van der Waals surface area (Å²) in [4.78, 5) is 11.2. The number of rotatable bonds is 6. The molecule has 0 saturated heterocycles. The highest BCUT2D eigenvalue weighted by Crippen LogP contribution is 2.19. The Morgan fingerprint density at radius 1 is 1.28 bits per heavy atom. The summed E-state index contributed by atoms with van der Waals surface area (Å²) in [6.45, 7) is 8.16. The van der Waals surface area contributed by atoms with Crippen LogP contribution in [-0.4, -0.2) is 36.5 Å². The summed E-state index contributed by atoms with van der Waals surface area (Å²) >= 11 is 1.75. The molecule has 138 valence electrons. The molecule has 1 N–H and O–H groups in total. The topological polar surface area (TPSA) is 40.5 Å². The normalized spacial score (nSPS) is 11.4. The van der Waals surface area contributed by atoms with Crippen molar-refractivity contribution in [1.82, 2.24) is 15.2 Å². The van der Waals surface area contributed by atoms with E-state index in [-0.39, 0.29) is 24.0 Å². The Morgan fingerprint density at radius 3 is 2.52 bits per heavy atom. The van der Waals surface area contributed by atoms with Gasteiger partial charge in [0.1, 0.15) is 0 Å². The number of guanidine groups is 1. The molecule has 1 aromatic carbocycles. The van der Waals surface area contributed by atoms with Crippen LogP contribution in [-0.2, 0) is 13.0 Å². The van der Waals surface area contributed by atoms with Crippen molar-refractivity contribution in [2.24, 2.45) is 4.99 Å². The maximum Gasteiger partial charge on any atom is 0.193 e. The summed E-state index contributed by atoms with van der Waals surface area (Å²) in [6, 6.07) is 8.63. The molecule has 1 heterocycles. The lowest BCUT2D eigenvalue weighted by atomic mass is 10.1. The second-order valence-electron chi connectivity index (χ2n) is 6.40. The van der Waals surface area contributed by atoms with E-state index in [1.54, 1.807) is 11.3 Å². The second-order valence-corrected chi connectivity index (χ2v) is 7.29.